The molecule has 0 bridgehead atoms. The van der Waals surface area contributed by atoms with Crippen molar-refractivity contribution in [3.8, 4) is 0 Å². The van der Waals surface area contributed by atoms with Gasteiger partial charge in [0.05, 0.1) is 4.47 Å². The fourth-order valence-corrected chi connectivity index (χ4v) is 1.81. The average Bonchev–Trinajstić information content (AvgIpc) is 2.47. The Hall–Kier alpha value is -0.840. The number of hydrogen-bond acceptors (Lipinski definition) is 2. The minimum Gasteiger partial charge on any atom is -0.338 e. The summed E-state index contributed by atoms with van der Waals surface area (Å²) in [6.07, 6.45) is 1.77. The summed E-state index contributed by atoms with van der Waals surface area (Å²) in [5.41, 5.74) is 0.483. The Morgan fingerprint density at radius 3 is 2.50 bits per heavy atom. The Labute approximate surface area is 92.0 Å². The van der Waals surface area contributed by atoms with E-state index in [2.05, 4.69) is 21.0 Å². The van der Waals surface area contributed by atoms with Gasteiger partial charge < -0.3 is 4.90 Å². The molecule has 0 spiro atoms. The second-order valence-corrected chi connectivity index (χ2v) is 3.83. The van der Waals surface area contributed by atoms with Gasteiger partial charge in [-0.3, -0.25) is 9.48 Å². The first-order chi connectivity index (χ1) is 6.60. The molecular weight excluding hydrogens is 246 g/mol. The van der Waals surface area contributed by atoms with Crippen LogP contribution in [0.2, 0.25) is 0 Å². The van der Waals surface area contributed by atoms with Gasteiger partial charge in [0.1, 0.15) is 0 Å². The molecule has 0 fully saturated rings. The van der Waals surface area contributed by atoms with Crippen molar-refractivity contribution in [2.75, 3.05) is 13.1 Å². The Bertz CT molecular complexity index is 331. The van der Waals surface area contributed by atoms with Crippen LogP contribution in [0.5, 0.6) is 0 Å². The molecule has 0 aliphatic heterocycles. The summed E-state index contributed by atoms with van der Waals surface area (Å²) in [6.45, 7) is 5.33. The number of halogens is 1. The number of aryl methyl sites for hydroxylation is 1. The van der Waals surface area contributed by atoms with Gasteiger partial charge in [0.25, 0.3) is 5.91 Å². The summed E-state index contributed by atoms with van der Waals surface area (Å²) < 4.78 is 2.37. The minimum absolute atomic E-state index is 0.0255. The topological polar surface area (TPSA) is 38.1 Å². The largest absolute Gasteiger partial charge is 0.338 e. The van der Waals surface area contributed by atoms with E-state index in [1.165, 1.54) is 0 Å². The molecule has 0 aliphatic carbocycles. The molecule has 0 unspecified atom stereocenters. The summed E-state index contributed by atoms with van der Waals surface area (Å²) in [6, 6.07) is 0. The van der Waals surface area contributed by atoms with Gasteiger partial charge in [-0.05, 0) is 29.8 Å². The van der Waals surface area contributed by atoms with Crippen LogP contribution in [0.25, 0.3) is 0 Å². The third-order valence-corrected chi connectivity index (χ3v) is 2.62. The molecule has 0 N–H and O–H groups in total. The zero-order valence-electron chi connectivity index (χ0n) is 8.62. The molecule has 0 radical (unpaired) electrons. The summed E-state index contributed by atoms with van der Waals surface area (Å²) >= 11 is 3.31. The second-order valence-electron chi connectivity index (χ2n) is 2.98. The predicted octanol–water partition coefficient (Wildman–Crippen LogP) is 1.66. The maximum atomic E-state index is 11.9. The first kappa shape index (κ1) is 11.2. The molecule has 4 nitrogen and oxygen atoms in total. The molecule has 1 aromatic heterocycles. The molecule has 78 valence electrons. The summed E-state index contributed by atoms with van der Waals surface area (Å²) in [7, 11) is 1.80. The SMILES string of the molecule is CCN(CC)C(=O)c1nn(C)cc1Br. The highest BCUT2D eigenvalue weighted by molar-refractivity contribution is 9.10. The molecule has 1 heterocycles. The van der Waals surface area contributed by atoms with E-state index < -0.39 is 0 Å². The Balaban J connectivity index is 2.93. The van der Waals surface area contributed by atoms with Gasteiger partial charge in [-0.15, -0.1) is 0 Å². The highest BCUT2D eigenvalue weighted by atomic mass is 79.9. The number of aromatic nitrogens is 2. The van der Waals surface area contributed by atoms with Crippen LogP contribution in [-0.2, 0) is 7.05 Å². The van der Waals surface area contributed by atoms with Crippen LogP contribution in [0, 0.1) is 0 Å². The number of amides is 1. The molecule has 5 heteroatoms. The first-order valence-corrected chi connectivity index (χ1v) is 5.37. The van der Waals surface area contributed by atoms with E-state index in [-0.39, 0.29) is 5.91 Å². The normalized spacial score (nSPS) is 10.3. The summed E-state index contributed by atoms with van der Waals surface area (Å²) in [4.78, 5) is 13.6. The van der Waals surface area contributed by atoms with Crippen molar-refractivity contribution in [2.45, 2.75) is 13.8 Å². The van der Waals surface area contributed by atoms with Crippen molar-refractivity contribution in [3.63, 3.8) is 0 Å². The van der Waals surface area contributed by atoms with Crippen LogP contribution in [-0.4, -0.2) is 33.7 Å². The second kappa shape index (κ2) is 4.59. The quantitative estimate of drug-likeness (QED) is 0.829. The van der Waals surface area contributed by atoms with E-state index in [1.54, 1.807) is 22.8 Å². The van der Waals surface area contributed by atoms with Gasteiger partial charge in [-0.1, -0.05) is 0 Å². The number of carbonyl (C=O) groups is 1. The third-order valence-electron chi connectivity index (χ3n) is 2.04. The number of carbonyl (C=O) groups excluding carboxylic acids is 1. The Morgan fingerprint density at radius 1 is 1.57 bits per heavy atom. The van der Waals surface area contributed by atoms with E-state index in [1.807, 2.05) is 13.8 Å². The van der Waals surface area contributed by atoms with Gasteiger partial charge in [-0.25, -0.2) is 0 Å². The Kier molecular flexibility index (Phi) is 3.69. The van der Waals surface area contributed by atoms with Crippen LogP contribution in [0.1, 0.15) is 24.3 Å². The fraction of sp³-hybridized carbons (Fsp3) is 0.556. The zero-order valence-corrected chi connectivity index (χ0v) is 10.2. The average molecular weight is 260 g/mol. The lowest BCUT2D eigenvalue weighted by Gasteiger charge is -2.17. The molecule has 0 atom stereocenters. The van der Waals surface area contributed by atoms with Crippen molar-refractivity contribution in [3.05, 3.63) is 16.4 Å². The number of rotatable bonds is 3. The van der Waals surface area contributed by atoms with Crippen molar-refractivity contribution < 1.29 is 4.79 Å². The van der Waals surface area contributed by atoms with Gasteiger partial charge in [0.2, 0.25) is 0 Å². The molecule has 14 heavy (non-hydrogen) atoms. The molecule has 0 saturated carbocycles. The van der Waals surface area contributed by atoms with E-state index in [4.69, 9.17) is 0 Å². The zero-order chi connectivity index (χ0) is 10.7. The van der Waals surface area contributed by atoms with Crippen molar-refractivity contribution >= 4 is 21.8 Å². The molecule has 1 amide bonds. The van der Waals surface area contributed by atoms with Gasteiger partial charge in [0.15, 0.2) is 5.69 Å². The maximum absolute atomic E-state index is 11.9. The van der Waals surface area contributed by atoms with E-state index >= 15 is 0 Å². The molecule has 1 rings (SSSR count). The number of nitrogens with zero attached hydrogens (tertiary/aromatic N) is 3. The van der Waals surface area contributed by atoms with Crippen LogP contribution < -0.4 is 0 Å². The molecular formula is C9H14BrN3O. The third kappa shape index (κ3) is 2.15. The summed E-state index contributed by atoms with van der Waals surface area (Å²) in [5.74, 6) is -0.0255. The van der Waals surface area contributed by atoms with Crippen LogP contribution in [0.4, 0.5) is 0 Å². The lowest BCUT2D eigenvalue weighted by atomic mass is 10.3. The molecule has 0 aromatic carbocycles. The van der Waals surface area contributed by atoms with Crippen LogP contribution in [0.3, 0.4) is 0 Å². The van der Waals surface area contributed by atoms with Crippen molar-refractivity contribution in [1.82, 2.24) is 14.7 Å². The van der Waals surface area contributed by atoms with Gasteiger partial charge in [-0.2, -0.15) is 5.10 Å². The van der Waals surface area contributed by atoms with Gasteiger partial charge >= 0.3 is 0 Å². The van der Waals surface area contributed by atoms with E-state index in [0.717, 1.165) is 4.47 Å². The van der Waals surface area contributed by atoms with Crippen molar-refractivity contribution in [1.29, 1.82) is 0 Å². The Morgan fingerprint density at radius 2 is 2.14 bits per heavy atom. The molecule has 1 aromatic rings. The van der Waals surface area contributed by atoms with E-state index in [0.29, 0.717) is 18.8 Å². The molecule has 0 saturated heterocycles. The smallest absolute Gasteiger partial charge is 0.275 e. The number of hydrogen-bond donors (Lipinski definition) is 0. The maximum Gasteiger partial charge on any atom is 0.275 e. The van der Waals surface area contributed by atoms with Gasteiger partial charge in [0, 0.05) is 26.3 Å². The first-order valence-electron chi connectivity index (χ1n) is 4.58. The van der Waals surface area contributed by atoms with Crippen LogP contribution in [0.15, 0.2) is 10.7 Å². The van der Waals surface area contributed by atoms with Crippen molar-refractivity contribution in [2.24, 2.45) is 7.05 Å². The summed E-state index contributed by atoms with van der Waals surface area (Å²) in [5, 5.41) is 4.11. The lowest BCUT2D eigenvalue weighted by molar-refractivity contribution is 0.0765. The molecule has 0 aliphatic rings. The highest BCUT2D eigenvalue weighted by Crippen LogP contribution is 2.15. The highest BCUT2D eigenvalue weighted by Gasteiger charge is 2.18. The predicted molar refractivity (Wildman–Crippen MR) is 58.2 cm³/mol. The standard InChI is InChI=1S/C9H14BrN3O/c1-4-13(5-2)9(14)8-7(10)6-12(3)11-8/h6H,4-5H2,1-3H3. The minimum atomic E-state index is -0.0255. The van der Waals surface area contributed by atoms with Crippen LogP contribution >= 0.6 is 15.9 Å². The monoisotopic (exact) mass is 259 g/mol. The lowest BCUT2D eigenvalue weighted by Crippen LogP contribution is -2.31. The van der Waals surface area contributed by atoms with E-state index in [9.17, 15) is 4.79 Å². The fourth-order valence-electron chi connectivity index (χ4n) is 1.27.